The molecule has 3 rings (SSSR count). The van der Waals surface area contributed by atoms with Crippen molar-refractivity contribution < 1.29 is 18.7 Å². The monoisotopic (exact) mass is 399 g/mol. The minimum Gasteiger partial charge on any atom is -0.497 e. The molecule has 0 atom stereocenters. The summed E-state index contributed by atoms with van der Waals surface area (Å²) in [6, 6.07) is 7.00. The van der Waals surface area contributed by atoms with E-state index in [2.05, 4.69) is 16.8 Å². The first-order valence-electron chi connectivity index (χ1n) is 8.55. The molecule has 2 heterocycles. The van der Waals surface area contributed by atoms with Crippen molar-refractivity contribution in [1.29, 1.82) is 0 Å². The fraction of sp³-hybridized carbons (Fsp3) is 0.250. The van der Waals surface area contributed by atoms with Gasteiger partial charge in [0, 0.05) is 12.6 Å². The molecule has 0 amide bonds. The molecular formula is C20H21N3O4S. The van der Waals surface area contributed by atoms with Crippen LogP contribution in [0.3, 0.4) is 0 Å². The summed E-state index contributed by atoms with van der Waals surface area (Å²) < 4.78 is 17.9. The van der Waals surface area contributed by atoms with Crippen LogP contribution in [0.2, 0.25) is 0 Å². The SMILES string of the molecule is C=CCn1c(SCC(=O)c2ccc(OC)cc2OC)nnc1-c1occc1C. The second-order valence-corrected chi connectivity index (χ2v) is 6.86. The Bertz CT molecular complexity index is 993. The van der Waals surface area contributed by atoms with Gasteiger partial charge in [-0.1, -0.05) is 17.8 Å². The summed E-state index contributed by atoms with van der Waals surface area (Å²) in [7, 11) is 3.09. The van der Waals surface area contributed by atoms with Crippen molar-refractivity contribution >= 4 is 17.5 Å². The molecule has 146 valence electrons. The lowest BCUT2D eigenvalue weighted by molar-refractivity contribution is 0.101. The van der Waals surface area contributed by atoms with Crippen LogP contribution in [0.25, 0.3) is 11.6 Å². The average molecular weight is 399 g/mol. The highest BCUT2D eigenvalue weighted by Crippen LogP contribution is 2.29. The number of rotatable bonds is 9. The van der Waals surface area contributed by atoms with E-state index in [-0.39, 0.29) is 11.5 Å². The minimum absolute atomic E-state index is 0.0756. The molecule has 1 aromatic carbocycles. The van der Waals surface area contributed by atoms with Crippen LogP contribution in [0.1, 0.15) is 15.9 Å². The number of hydrogen-bond donors (Lipinski definition) is 0. The van der Waals surface area contributed by atoms with E-state index in [0.717, 1.165) is 5.56 Å². The third kappa shape index (κ3) is 3.96. The number of Topliss-reactive ketones (excluding diaryl/α,β-unsaturated/α-hetero) is 1. The quantitative estimate of drug-likeness (QED) is 0.305. The summed E-state index contributed by atoms with van der Waals surface area (Å²) in [5.74, 6) is 2.49. The molecule has 3 aromatic rings. The lowest BCUT2D eigenvalue weighted by Crippen LogP contribution is -2.07. The Morgan fingerprint density at radius 3 is 2.75 bits per heavy atom. The van der Waals surface area contributed by atoms with Crippen LogP contribution in [-0.2, 0) is 6.54 Å². The number of methoxy groups -OCH3 is 2. The van der Waals surface area contributed by atoms with Gasteiger partial charge in [-0.2, -0.15) is 0 Å². The Labute approximate surface area is 167 Å². The van der Waals surface area contributed by atoms with Crippen LogP contribution in [0.15, 0.2) is 52.8 Å². The molecule has 0 saturated carbocycles. The zero-order chi connectivity index (χ0) is 20.1. The molecule has 8 heteroatoms. The Hall–Kier alpha value is -3.00. The molecule has 0 radical (unpaired) electrons. The van der Waals surface area contributed by atoms with Gasteiger partial charge in [-0.25, -0.2) is 0 Å². The summed E-state index contributed by atoms with van der Waals surface area (Å²) in [6.45, 7) is 6.24. The molecule has 0 bridgehead atoms. The van der Waals surface area contributed by atoms with Gasteiger partial charge in [0.2, 0.25) is 5.82 Å². The number of allylic oxidation sites excluding steroid dienone is 1. The first-order chi connectivity index (χ1) is 13.6. The second-order valence-electron chi connectivity index (χ2n) is 5.92. The van der Waals surface area contributed by atoms with E-state index in [1.165, 1.54) is 18.9 Å². The highest BCUT2D eigenvalue weighted by molar-refractivity contribution is 7.99. The Kier molecular flexibility index (Phi) is 6.20. The van der Waals surface area contributed by atoms with Crippen LogP contribution in [0.5, 0.6) is 11.5 Å². The molecule has 2 aromatic heterocycles. The van der Waals surface area contributed by atoms with Crippen molar-refractivity contribution in [1.82, 2.24) is 14.8 Å². The number of ether oxygens (including phenoxy) is 2. The lowest BCUT2D eigenvalue weighted by atomic mass is 10.1. The molecule has 0 saturated heterocycles. The van der Waals surface area contributed by atoms with E-state index in [0.29, 0.717) is 40.3 Å². The van der Waals surface area contributed by atoms with Gasteiger partial charge < -0.3 is 13.9 Å². The first-order valence-corrected chi connectivity index (χ1v) is 9.54. The predicted octanol–water partition coefficient (Wildman–Crippen LogP) is 4.02. The Balaban J connectivity index is 1.81. The number of nitrogens with zero attached hydrogens (tertiary/aromatic N) is 3. The third-order valence-corrected chi connectivity index (χ3v) is 5.10. The maximum atomic E-state index is 12.7. The van der Waals surface area contributed by atoms with E-state index >= 15 is 0 Å². The van der Waals surface area contributed by atoms with E-state index in [1.807, 2.05) is 17.6 Å². The number of hydrogen-bond acceptors (Lipinski definition) is 7. The van der Waals surface area contributed by atoms with E-state index in [4.69, 9.17) is 13.9 Å². The zero-order valence-electron chi connectivity index (χ0n) is 16.0. The molecule has 0 unspecified atom stereocenters. The number of thioether (sulfide) groups is 1. The van der Waals surface area contributed by atoms with Gasteiger partial charge in [0.05, 0.1) is 31.8 Å². The largest absolute Gasteiger partial charge is 0.497 e. The highest BCUT2D eigenvalue weighted by atomic mass is 32.2. The maximum absolute atomic E-state index is 12.7. The standard InChI is InChI=1S/C20H21N3O4S/c1-5-9-23-19(18-13(2)8-10-27-18)21-22-20(23)28-12-16(24)15-7-6-14(25-3)11-17(15)26-4/h5-8,10-11H,1,9,12H2,2-4H3. The predicted molar refractivity (Wildman–Crippen MR) is 107 cm³/mol. The normalized spacial score (nSPS) is 10.7. The van der Waals surface area contributed by atoms with Crippen LogP contribution in [0, 0.1) is 6.92 Å². The van der Waals surface area contributed by atoms with Crippen LogP contribution in [0.4, 0.5) is 0 Å². The molecular weight excluding hydrogens is 378 g/mol. The van der Waals surface area contributed by atoms with Gasteiger partial charge in [0.15, 0.2) is 16.7 Å². The van der Waals surface area contributed by atoms with E-state index in [1.54, 1.807) is 37.6 Å². The average Bonchev–Trinajstić information content (AvgIpc) is 3.31. The van der Waals surface area contributed by atoms with Crippen molar-refractivity contribution in [2.45, 2.75) is 18.6 Å². The molecule has 0 aliphatic heterocycles. The van der Waals surface area contributed by atoms with Crippen molar-refractivity contribution in [3.8, 4) is 23.1 Å². The van der Waals surface area contributed by atoms with Crippen LogP contribution < -0.4 is 9.47 Å². The second kappa shape index (κ2) is 8.79. The van der Waals surface area contributed by atoms with Crippen molar-refractivity contribution in [3.63, 3.8) is 0 Å². The molecule has 0 aliphatic rings. The van der Waals surface area contributed by atoms with Gasteiger partial charge in [-0.05, 0) is 30.7 Å². The van der Waals surface area contributed by atoms with Gasteiger partial charge in [0.1, 0.15) is 11.5 Å². The lowest BCUT2D eigenvalue weighted by Gasteiger charge is -2.10. The number of aromatic nitrogens is 3. The topological polar surface area (TPSA) is 79.4 Å². The van der Waals surface area contributed by atoms with Crippen molar-refractivity contribution in [2.24, 2.45) is 0 Å². The molecule has 0 aliphatic carbocycles. The zero-order valence-corrected chi connectivity index (χ0v) is 16.8. The maximum Gasteiger partial charge on any atom is 0.201 e. The molecule has 0 N–H and O–H groups in total. The van der Waals surface area contributed by atoms with Gasteiger partial charge in [-0.15, -0.1) is 16.8 Å². The number of carbonyl (C=O) groups is 1. The summed E-state index contributed by atoms with van der Waals surface area (Å²) in [5, 5.41) is 9.09. The first kappa shape index (κ1) is 19.8. The van der Waals surface area contributed by atoms with Gasteiger partial charge in [0.25, 0.3) is 0 Å². The smallest absolute Gasteiger partial charge is 0.201 e. The molecule has 0 fully saturated rings. The summed E-state index contributed by atoms with van der Waals surface area (Å²) in [4.78, 5) is 12.7. The molecule has 0 spiro atoms. The highest BCUT2D eigenvalue weighted by Gasteiger charge is 2.20. The number of furan rings is 1. The van der Waals surface area contributed by atoms with E-state index in [9.17, 15) is 4.79 Å². The third-order valence-electron chi connectivity index (χ3n) is 4.14. The summed E-state index contributed by atoms with van der Waals surface area (Å²) in [5.41, 5.74) is 1.46. The Morgan fingerprint density at radius 1 is 1.29 bits per heavy atom. The van der Waals surface area contributed by atoms with Gasteiger partial charge >= 0.3 is 0 Å². The van der Waals surface area contributed by atoms with E-state index < -0.39 is 0 Å². The van der Waals surface area contributed by atoms with Crippen molar-refractivity contribution in [2.75, 3.05) is 20.0 Å². The number of benzene rings is 1. The van der Waals surface area contributed by atoms with Crippen molar-refractivity contribution in [3.05, 3.63) is 54.3 Å². The fourth-order valence-electron chi connectivity index (χ4n) is 2.70. The number of aryl methyl sites for hydroxylation is 1. The Morgan fingerprint density at radius 2 is 2.11 bits per heavy atom. The number of ketones is 1. The number of carbonyl (C=O) groups excluding carboxylic acids is 1. The van der Waals surface area contributed by atoms with Crippen LogP contribution >= 0.6 is 11.8 Å². The van der Waals surface area contributed by atoms with Crippen LogP contribution in [-0.4, -0.2) is 40.5 Å². The fourth-order valence-corrected chi connectivity index (χ4v) is 3.53. The molecule has 7 nitrogen and oxygen atoms in total. The van der Waals surface area contributed by atoms with Gasteiger partial charge in [-0.3, -0.25) is 9.36 Å². The minimum atomic E-state index is -0.0756. The summed E-state index contributed by atoms with van der Waals surface area (Å²) >= 11 is 1.31. The molecule has 28 heavy (non-hydrogen) atoms. The summed E-state index contributed by atoms with van der Waals surface area (Å²) in [6.07, 6.45) is 3.37.